The summed E-state index contributed by atoms with van der Waals surface area (Å²) in [4.78, 5) is 2.45. The normalized spacial score (nSPS) is 14.3. The SMILES string of the molecule is CS(=O)(=O)c1ccccc1N1Cc2ccc(N)cc2C1. The lowest BCUT2D eigenvalue weighted by atomic mass is 10.1. The summed E-state index contributed by atoms with van der Waals surface area (Å²) < 4.78 is 23.8. The molecule has 0 amide bonds. The van der Waals surface area contributed by atoms with Crippen LogP contribution in [0.25, 0.3) is 0 Å². The molecule has 2 aromatic carbocycles. The first-order valence-corrected chi connectivity index (χ1v) is 8.25. The minimum Gasteiger partial charge on any atom is -0.399 e. The molecular weight excluding hydrogens is 272 g/mol. The topological polar surface area (TPSA) is 63.4 Å². The van der Waals surface area contributed by atoms with E-state index in [9.17, 15) is 8.42 Å². The predicted octanol–water partition coefficient (Wildman–Crippen LogP) is 2.19. The van der Waals surface area contributed by atoms with Crippen LogP contribution in [-0.4, -0.2) is 14.7 Å². The van der Waals surface area contributed by atoms with E-state index in [1.54, 1.807) is 12.1 Å². The zero-order chi connectivity index (χ0) is 14.3. The third-order valence-corrected chi connectivity index (χ3v) is 4.70. The van der Waals surface area contributed by atoms with E-state index in [0.29, 0.717) is 18.0 Å². The Hall–Kier alpha value is -2.01. The highest BCUT2D eigenvalue weighted by molar-refractivity contribution is 7.90. The molecule has 0 unspecified atom stereocenters. The number of nitrogens with two attached hydrogens (primary N) is 1. The van der Waals surface area contributed by atoms with Gasteiger partial charge in [0.1, 0.15) is 0 Å². The number of para-hydroxylation sites is 1. The smallest absolute Gasteiger partial charge is 0.177 e. The van der Waals surface area contributed by atoms with Crippen molar-refractivity contribution in [2.24, 2.45) is 0 Å². The summed E-state index contributed by atoms with van der Waals surface area (Å²) in [5, 5.41) is 0. The number of hydrogen-bond acceptors (Lipinski definition) is 4. The summed E-state index contributed by atoms with van der Waals surface area (Å²) in [6.07, 6.45) is 1.24. The minimum atomic E-state index is -3.23. The Bertz CT molecular complexity index is 769. The molecule has 4 nitrogen and oxygen atoms in total. The monoisotopic (exact) mass is 288 g/mol. The number of sulfone groups is 1. The standard InChI is InChI=1S/C15H16N2O2S/c1-20(18,19)15-5-3-2-4-14(15)17-9-11-6-7-13(16)8-12(11)10-17/h2-8H,9-10,16H2,1H3. The molecule has 0 bridgehead atoms. The zero-order valence-electron chi connectivity index (χ0n) is 11.2. The molecule has 1 aliphatic heterocycles. The van der Waals surface area contributed by atoms with E-state index >= 15 is 0 Å². The molecule has 0 radical (unpaired) electrons. The van der Waals surface area contributed by atoms with Crippen molar-refractivity contribution >= 4 is 21.2 Å². The summed E-state index contributed by atoms with van der Waals surface area (Å²) in [5.74, 6) is 0. The number of hydrogen-bond donors (Lipinski definition) is 1. The van der Waals surface area contributed by atoms with E-state index in [1.807, 2.05) is 30.3 Å². The van der Waals surface area contributed by atoms with E-state index in [2.05, 4.69) is 4.90 Å². The van der Waals surface area contributed by atoms with Gasteiger partial charge in [-0.3, -0.25) is 0 Å². The summed E-state index contributed by atoms with van der Waals surface area (Å²) in [5.41, 5.74) is 9.65. The van der Waals surface area contributed by atoms with Crippen molar-refractivity contribution in [2.75, 3.05) is 16.9 Å². The number of fused-ring (bicyclic) bond motifs is 1. The van der Waals surface area contributed by atoms with E-state index < -0.39 is 9.84 Å². The fourth-order valence-electron chi connectivity index (χ4n) is 2.62. The van der Waals surface area contributed by atoms with E-state index in [4.69, 9.17) is 5.73 Å². The Morgan fingerprint density at radius 1 is 1.05 bits per heavy atom. The number of nitrogens with zero attached hydrogens (tertiary/aromatic N) is 1. The molecule has 0 saturated heterocycles. The highest BCUT2D eigenvalue weighted by atomic mass is 32.2. The molecule has 0 spiro atoms. The predicted molar refractivity (Wildman–Crippen MR) is 80.3 cm³/mol. The van der Waals surface area contributed by atoms with Crippen LogP contribution < -0.4 is 10.6 Å². The molecule has 1 heterocycles. The van der Waals surface area contributed by atoms with Crippen molar-refractivity contribution < 1.29 is 8.42 Å². The Morgan fingerprint density at radius 2 is 1.75 bits per heavy atom. The number of rotatable bonds is 2. The van der Waals surface area contributed by atoms with Crippen LogP contribution in [0.15, 0.2) is 47.4 Å². The van der Waals surface area contributed by atoms with E-state index in [0.717, 1.165) is 16.9 Å². The minimum absolute atomic E-state index is 0.376. The van der Waals surface area contributed by atoms with Crippen LogP contribution >= 0.6 is 0 Å². The number of benzene rings is 2. The molecule has 2 N–H and O–H groups in total. The van der Waals surface area contributed by atoms with Crippen LogP contribution in [0.1, 0.15) is 11.1 Å². The first-order chi connectivity index (χ1) is 9.45. The Labute approximate surface area is 118 Å². The molecule has 0 aromatic heterocycles. The first-order valence-electron chi connectivity index (χ1n) is 6.36. The molecule has 0 aliphatic carbocycles. The molecule has 1 aliphatic rings. The lowest BCUT2D eigenvalue weighted by molar-refractivity contribution is 0.601. The zero-order valence-corrected chi connectivity index (χ0v) is 12.0. The Kier molecular flexibility index (Phi) is 2.94. The van der Waals surface area contributed by atoms with Crippen molar-refractivity contribution in [2.45, 2.75) is 18.0 Å². The van der Waals surface area contributed by atoms with Gasteiger partial charge in [-0.05, 0) is 35.4 Å². The van der Waals surface area contributed by atoms with Gasteiger partial charge in [0.15, 0.2) is 9.84 Å². The average molecular weight is 288 g/mol. The molecule has 20 heavy (non-hydrogen) atoms. The lowest BCUT2D eigenvalue weighted by Crippen LogP contribution is -2.17. The third-order valence-electron chi connectivity index (χ3n) is 3.56. The van der Waals surface area contributed by atoms with Crippen molar-refractivity contribution in [3.8, 4) is 0 Å². The van der Waals surface area contributed by atoms with Gasteiger partial charge in [-0.2, -0.15) is 0 Å². The van der Waals surface area contributed by atoms with Crippen molar-refractivity contribution in [1.29, 1.82) is 0 Å². The second kappa shape index (κ2) is 4.52. The number of anilines is 2. The maximum Gasteiger partial charge on any atom is 0.177 e. The summed E-state index contributed by atoms with van der Waals surface area (Å²) >= 11 is 0. The van der Waals surface area contributed by atoms with Gasteiger partial charge < -0.3 is 10.6 Å². The van der Waals surface area contributed by atoms with Crippen LogP contribution in [0.2, 0.25) is 0 Å². The van der Waals surface area contributed by atoms with Gasteiger partial charge in [-0.15, -0.1) is 0 Å². The molecule has 0 atom stereocenters. The summed E-state index contributed by atoms with van der Waals surface area (Å²) in [6, 6.07) is 13.0. The van der Waals surface area contributed by atoms with Crippen LogP contribution in [0, 0.1) is 0 Å². The lowest BCUT2D eigenvalue weighted by Gasteiger charge is -2.20. The molecule has 2 aromatic rings. The fourth-order valence-corrected chi connectivity index (χ4v) is 3.52. The summed E-state index contributed by atoms with van der Waals surface area (Å²) in [6.45, 7) is 1.40. The van der Waals surface area contributed by atoms with Gasteiger partial charge in [0, 0.05) is 25.0 Å². The average Bonchev–Trinajstić information content (AvgIpc) is 2.80. The Balaban J connectivity index is 2.02. The maximum absolute atomic E-state index is 11.9. The molecular formula is C15H16N2O2S. The largest absolute Gasteiger partial charge is 0.399 e. The third kappa shape index (κ3) is 2.25. The van der Waals surface area contributed by atoms with Crippen LogP contribution in [0.4, 0.5) is 11.4 Å². The van der Waals surface area contributed by atoms with Crippen LogP contribution in [0.3, 0.4) is 0 Å². The van der Waals surface area contributed by atoms with Crippen molar-refractivity contribution in [3.05, 3.63) is 53.6 Å². The highest BCUT2D eigenvalue weighted by Crippen LogP contribution is 2.33. The molecule has 104 valence electrons. The van der Waals surface area contributed by atoms with Crippen LogP contribution in [0.5, 0.6) is 0 Å². The van der Waals surface area contributed by atoms with Gasteiger partial charge in [0.2, 0.25) is 0 Å². The highest BCUT2D eigenvalue weighted by Gasteiger charge is 2.23. The van der Waals surface area contributed by atoms with Crippen molar-refractivity contribution in [3.63, 3.8) is 0 Å². The van der Waals surface area contributed by atoms with Gasteiger partial charge in [0.25, 0.3) is 0 Å². The summed E-state index contributed by atoms with van der Waals surface area (Å²) in [7, 11) is -3.23. The molecule has 5 heteroatoms. The van der Waals surface area contributed by atoms with Crippen molar-refractivity contribution in [1.82, 2.24) is 0 Å². The van der Waals surface area contributed by atoms with E-state index in [-0.39, 0.29) is 0 Å². The number of nitrogen functional groups attached to an aromatic ring is 1. The second-order valence-corrected chi connectivity index (χ2v) is 7.11. The van der Waals surface area contributed by atoms with Crippen LogP contribution in [-0.2, 0) is 22.9 Å². The Morgan fingerprint density at radius 3 is 2.50 bits per heavy atom. The molecule has 0 saturated carbocycles. The van der Waals surface area contributed by atoms with Gasteiger partial charge in [-0.1, -0.05) is 18.2 Å². The quantitative estimate of drug-likeness (QED) is 0.860. The second-order valence-electron chi connectivity index (χ2n) is 5.12. The van der Waals surface area contributed by atoms with E-state index in [1.165, 1.54) is 11.8 Å². The van der Waals surface area contributed by atoms with Gasteiger partial charge in [0.05, 0.1) is 10.6 Å². The molecule has 3 rings (SSSR count). The van der Waals surface area contributed by atoms with Gasteiger partial charge in [-0.25, -0.2) is 8.42 Å². The fraction of sp³-hybridized carbons (Fsp3) is 0.200. The van der Waals surface area contributed by atoms with Gasteiger partial charge >= 0.3 is 0 Å². The maximum atomic E-state index is 11.9. The molecule has 0 fully saturated rings. The first kappa shape index (κ1) is 13.0.